The third-order valence-electron chi connectivity index (χ3n) is 9.65. The molecule has 0 spiro atoms. The van der Waals surface area contributed by atoms with Crippen molar-refractivity contribution in [3.63, 3.8) is 0 Å². The normalized spacial score (nSPS) is 24.1. The highest BCUT2D eigenvalue weighted by atomic mass is 32.2. The van der Waals surface area contributed by atoms with Crippen LogP contribution in [0.15, 0.2) is 48.6 Å². The lowest BCUT2D eigenvalue weighted by molar-refractivity contribution is -0.143. The first-order valence-electron chi connectivity index (χ1n) is 17.2. The fourth-order valence-corrected chi connectivity index (χ4v) is 9.05. The molecule has 0 saturated heterocycles. The number of anilines is 1. The van der Waals surface area contributed by atoms with E-state index >= 15 is 0 Å². The van der Waals surface area contributed by atoms with Crippen LogP contribution in [-0.4, -0.2) is 77.5 Å². The summed E-state index contributed by atoms with van der Waals surface area (Å²) < 4.78 is 33.1. The first-order valence-corrected chi connectivity index (χ1v) is 18.8. The van der Waals surface area contributed by atoms with Crippen LogP contribution in [0.5, 0.6) is 0 Å². The number of aryl methyl sites for hydroxylation is 2. The smallest absolute Gasteiger partial charge is 0.411 e. The molecule has 0 bridgehead atoms. The zero-order valence-corrected chi connectivity index (χ0v) is 29.3. The van der Waals surface area contributed by atoms with E-state index in [0.717, 1.165) is 36.9 Å². The van der Waals surface area contributed by atoms with Crippen molar-refractivity contribution in [2.45, 2.75) is 94.8 Å². The SMILES string of the molecule is CCc1cccc(-c2ccc(C)cc2NC(=O)OC2CC3C(=O)N(C)CCCCC=CCCC(S(=O)(=O)C4CC4)N(C(N)=O)C(=O)C3C2)n1. The van der Waals surface area contributed by atoms with Crippen LogP contribution in [-0.2, 0) is 30.6 Å². The van der Waals surface area contributed by atoms with E-state index in [2.05, 4.69) is 5.32 Å². The molecule has 4 atom stereocenters. The number of carbonyl (C=O) groups is 4. The Morgan fingerprint density at radius 3 is 2.41 bits per heavy atom. The first kappa shape index (κ1) is 36.0. The molecule has 2 saturated carbocycles. The summed E-state index contributed by atoms with van der Waals surface area (Å²) in [4.78, 5) is 61.4. The Kier molecular flexibility index (Phi) is 11.4. The third kappa shape index (κ3) is 8.49. The number of nitrogens with two attached hydrogens (primary N) is 1. The number of sulfone groups is 1. The van der Waals surface area contributed by atoms with Gasteiger partial charge in [0.05, 0.1) is 28.5 Å². The maximum Gasteiger partial charge on any atom is 0.411 e. The summed E-state index contributed by atoms with van der Waals surface area (Å²) in [7, 11) is -2.25. The lowest BCUT2D eigenvalue weighted by Crippen LogP contribution is -2.54. The molecule has 13 heteroatoms. The number of pyridine rings is 1. The lowest BCUT2D eigenvalue weighted by atomic mass is 9.93. The van der Waals surface area contributed by atoms with Crippen LogP contribution in [0.3, 0.4) is 0 Å². The van der Waals surface area contributed by atoms with Gasteiger partial charge in [0, 0.05) is 24.8 Å². The Morgan fingerprint density at radius 2 is 1.71 bits per heavy atom. The van der Waals surface area contributed by atoms with Crippen LogP contribution in [0.4, 0.5) is 15.3 Å². The molecule has 2 aliphatic carbocycles. The van der Waals surface area contributed by atoms with Crippen molar-refractivity contribution in [1.29, 1.82) is 0 Å². The highest BCUT2D eigenvalue weighted by molar-refractivity contribution is 7.92. The number of benzene rings is 1. The van der Waals surface area contributed by atoms with Crippen LogP contribution in [0.25, 0.3) is 11.3 Å². The Morgan fingerprint density at radius 1 is 1.00 bits per heavy atom. The van der Waals surface area contributed by atoms with Gasteiger partial charge in [0.15, 0.2) is 9.84 Å². The van der Waals surface area contributed by atoms with Gasteiger partial charge in [-0.1, -0.05) is 37.3 Å². The van der Waals surface area contributed by atoms with Gasteiger partial charge < -0.3 is 15.4 Å². The molecule has 0 radical (unpaired) electrons. The molecule has 4 unspecified atom stereocenters. The van der Waals surface area contributed by atoms with E-state index in [1.807, 2.05) is 62.4 Å². The highest BCUT2D eigenvalue weighted by Crippen LogP contribution is 2.40. The minimum atomic E-state index is -3.91. The largest absolute Gasteiger partial charge is 0.446 e. The summed E-state index contributed by atoms with van der Waals surface area (Å²) in [5.74, 6) is -3.22. The van der Waals surface area contributed by atoms with Crippen molar-refractivity contribution in [1.82, 2.24) is 14.8 Å². The number of carbonyl (C=O) groups excluding carboxylic acids is 4. The number of amides is 5. The maximum absolute atomic E-state index is 14.3. The molecular weight excluding hydrogens is 646 g/mol. The minimum Gasteiger partial charge on any atom is -0.446 e. The van der Waals surface area contributed by atoms with E-state index in [-0.39, 0.29) is 25.2 Å². The molecule has 5 rings (SSSR count). The number of imide groups is 1. The van der Waals surface area contributed by atoms with E-state index in [0.29, 0.717) is 47.7 Å². The van der Waals surface area contributed by atoms with Gasteiger partial charge in [0.1, 0.15) is 11.5 Å². The predicted molar refractivity (Wildman–Crippen MR) is 186 cm³/mol. The Hall–Kier alpha value is -4.26. The van der Waals surface area contributed by atoms with Gasteiger partial charge in [-0.2, -0.15) is 0 Å². The minimum absolute atomic E-state index is 0.00638. The Bertz CT molecular complexity index is 1710. The van der Waals surface area contributed by atoms with Crippen molar-refractivity contribution >= 4 is 39.5 Å². The van der Waals surface area contributed by atoms with E-state index in [9.17, 15) is 27.6 Å². The molecule has 3 aliphatic rings. The summed E-state index contributed by atoms with van der Waals surface area (Å²) in [5, 5.41) is 0.739. The van der Waals surface area contributed by atoms with Crippen LogP contribution >= 0.6 is 0 Å². The molecule has 3 N–H and O–H groups in total. The number of ether oxygens (including phenoxy) is 1. The van der Waals surface area contributed by atoms with Crippen LogP contribution < -0.4 is 11.1 Å². The second-order valence-electron chi connectivity index (χ2n) is 13.3. The predicted octanol–water partition coefficient (Wildman–Crippen LogP) is 5.35. The monoisotopic (exact) mass is 693 g/mol. The number of fused-ring (bicyclic) bond motifs is 1. The molecule has 5 amide bonds. The molecule has 264 valence electrons. The molecular formula is C36H47N5O7S. The zero-order chi connectivity index (χ0) is 35.3. The molecule has 1 aromatic heterocycles. The molecule has 12 nitrogen and oxygen atoms in total. The van der Waals surface area contributed by atoms with E-state index < -0.39 is 56.4 Å². The number of hydrogen-bond donors (Lipinski definition) is 2. The molecule has 2 heterocycles. The number of aromatic nitrogens is 1. The fourth-order valence-electron chi connectivity index (χ4n) is 6.84. The molecule has 1 aromatic carbocycles. The highest BCUT2D eigenvalue weighted by Gasteiger charge is 2.52. The van der Waals surface area contributed by atoms with Gasteiger partial charge in [-0.15, -0.1) is 0 Å². The quantitative estimate of drug-likeness (QED) is 0.382. The van der Waals surface area contributed by atoms with Gasteiger partial charge in [-0.25, -0.2) is 22.9 Å². The van der Waals surface area contributed by atoms with Gasteiger partial charge in [-0.3, -0.25) is 19.9 Å². The summed E-state index contributed by atoms with van der Waals surface area (Å²) in [5.41, 5.74) is 9.45. The summed E-state index contributed by atoms with van der Waals surface area (Å²) in [6, 6.07) is 10.1. The number of primary amides is 1. The van der Waals surface area contributed by atoms with Gasteiger partial charge in [0.25, 0.3) is 0 Å². The van der Waals surface area contributed by atoms with Crippen molar-refractivity contribution in [2.24, 2.45) is 17.6 Å². The standard InChI is InChI=1S/C36H47N5O7S/c1-4-24-12-11-13-30(38-24)27-18-15-23(2)20-31(27)39-36(45)48-25-21-28-29(22-25)34(43)41(35(37)44)32(49(46,47)26-16-17-26)14-9-7-5-6-8-10-19-40(3)33(28)42/h5,7,11-13,15,18,20,25-26,28-29,32H,4,6,8-10,14,16-17,19,21-22H2,1-3H3,(H2,37,44)(H,39,45). The van der Waals surface area contributed by atoms with Crippen molar-refractivity contribution < 1.29 is 32.3 Å². The molecule has 1 aliphatic heterocycles. The van der Waals surface area contributed by atoms with Crippen molar-refractivity contribution in [2.75, 3.05) is 18.9 Å². The van der Waals surface area contributed by atoms with E-state index in [4.69, 9.17) is 15.5 Å². The van der Waals surface area contributed by atoms with Crippen LogP contribution in [0.2, 0.25) is 0 Å². The molecule has 49 heavy (non-hydrogen) atoms. The van der Waals surface area contributed by atoms with Crippen LogP contribution in [0, 0.1) is 18.8 Å². The first-order chi connectivity index (χ1) is 23.4. The maximum atomic E-state index is 14.3. The average molecular weight is 694 g/mol. The summed E-state index contributed by atoms with van der Waals surface area (Å²) in [6.45, 7) is 4.37. The lowest BCUT2D eigenvalue weighted by Gasteiger charge is -2.32. The zero-order valence-electron chi connectivity index (χ0n) is 28.5. The second-order valence-corrected chi connectivity index (χ2v) is 15.7. The Balaban J connectivity index is 1.41. The van der Waals surface area contributed by atoms with E-state index in [1.165, 1.54) is 0 Å². The second kappa shape index (κ2) is 15.5. The topological polar surface area (TPSA) is 169 Å². The number of allylic oxidation sites excluding steroid dienone is 2. The molecule has 2 aromatic rings. The van der Waals surface area contributed by atoms with Gasteiger partial charge in [0.2, 0.25) is 11.8 Å². The molecule has 2 fully saturated rings. The van der Waals surface area contributed by atoms with Gasteiger partial charge in [-0.05, 0) is 94.9 Å². The third-order valence-corrected chi connectivity index (χ3v) is 12.3. The number of nitrogens with one attached hydrogen (secondary N) is 1. The number of rotatable bonds is 6. The van der Waals surface area contributed by atoms with Crippen molar-refractivity contribution in [3.05, 3.63) is 59.8 Å². The van der Waals surface area contributed by atoms with Gasteiger partial charge >= 0.3 is 12.1 Å². The van der Waals surface area contributed by atoms with Crippen molar-refractivity contribution in [3.8, 4) is 11.3 Å². The van der Waals surface area contributed by atoms with E-state index in [1.54, 1.807) is 11.9 Å². The number of hydrogen-bond acceptors (Lipinski definition) is 8. The number of nitrogens with zero attached hydrogens (tertiary/aromatic N) is 3. The summed E-state index contributed by atoms with van der Waals surface area (Å²) in [6.07, 6.45) is 6.47. The number of urea groups is 1. The Labute approximate surface area is 288 Å². The van der Waals surface area contributed by atoms with Crippen LogP contribution in [0.1, 0.15) is 76.0 Å². The fraction of sp³-hybridized carbons (Fsp3) is 0.528. The average Bonchev–Trinajstić information content (AvgIpc) is 3.85. The summed E-state index contributed by atoms with van der Waals surface area (Å²) >= 11 is 0.